The Morgan fingerprint density at radius 1 is 1.25 bits per heavy atom. The van der Waals surface area contributed by atoms with E-state index in [1.165, 1.54) is 0 Å². The van der Waals surface area contributed by atoms with E-state index in [2.05, 4.69) is 36.5 Å². The smallest absolute Gasteiger partial charge is 0.358 e. The lowest BCUT2D eigenvalue weighted by Gasteiger charge is -2.10. The van der Waals surface area contributed by atoms with Crippen molar-refractivity contribution in [2.75, 3.05) is 5.32 Å². The average molecular weight is 465 g/mol. The number of carbonyl (C=O) groups is 2. The third-order valence-corrected chi connectivity index (χ3v) is 5.32. The predicted molar refractivity (Wildman–Crippen MR) is 107 cm³/mol. The zero-order valence-corrected chi connectivity index (χ0v) is 16.4. The van der Waals surface area contributed by atoms with Crippen LogP contribution in [0.5, 0.6) is 5.75 Å². The number of aromatic carboxylic acids is 1. The van der Waals surface area contributed by atoms with E-state index in [0.29, 0.717) is 10.6 Å². The van der Waals surface area contributed by atoms with Crippen molar-refractivity contribution in [2.45, 2.75) is 6.54 Å². The molecule has 0 unspecified atom stereocenters. The lowest BCUT2D eigenvalue weighted by atomic mass is 10.2. The Bertz CT molecular complexity index is 1110. The molecule has 144 valence electrons. The van der Waals surface area contributed by atoms with Gasteiger partial charge in [-0.2, -0.15) is 0 Å². The Hall–Kier alpha value is -3.18. The number of urea groups is 1. The largest absolute Gasteiger partial charge is 0.501 e. The monoisotopic (exact) mass is 464 g/mol. The maximum absolute atomic E-state index is 12.2. The van der Waals surface area contributed by atoms with Gasteiger partial charge in [0.15, 0.2) is 11.5 Å². The molecule has 3 rings (SSSR count). The van der Waals surface area contributed by atoms with Crippen LogP contribution in [0.3, 0.4) is 0 Å². The highest BCUT2D eigenvalue weighted by atomic mass is 79.9. The van der Waals surface area contributed by atoms with Crippen molar-refractivity contribution in [3.8, 4) is 16.5 Å². The summed E-state index contributed by atoms with van der Waals surface area (Å²) in [6.07, 6.45) is 0. The van der Waals surface area contributed by atoms with E-state index < -0.39 is 29.0 Å². The van der Waals surface area contributed by atoms with Gasteiger partial charge in [-0.25, -0.2) is 14.6 Å². The minimum absolute atomic E-state index is 0.0729. The number of carboxylic acid groups (broad SMARTS) is 1. The number of amides is 2. The Morgan fingerprint density at radius 2 is 2.00 bits per heavy atom. The molecule has 2 aromatic heterocycles. The van der Waals surface area contributed by atoms with E-state index in [4.69, 9.17) is 5.11 Å². The Labute approximate surface area is 170 Å². The quantitative estimate of drug-likeness (QED) is 0.392. The number of anilines is 1. The van der Waals surface area contributed by atoms with Gasteiger partial charge in [0.05, 0.1) is 10.6 Å². The van der Waals surface area contributed by atoms with Crippen LogP contribution in [0.25, 0.3) is 10.7 Å². The molecule has 5 N–H and O–H groups in total. The molecule has 0 fully saturated rings. The summed E-state index contributed by atoms with van der Waals surface area (Å²) in [5.41, 5.74) is -0.532. The topological polar surface area (TPSA) is 144 Å². The lowest BCUT2D eigenvalue weighted by Crippen LogP contribution is -2.28. The fourth-order valence-electron chi connectivity index (χ4n) is 2.30. The van der Waals surface area contributed by atoms with Gasteiger partial charge in [0.1, 0.15) is 0 Å². The number of carboxylic acids is 1. The molecule has 11 heteroatoms. The number of benzene rings is 1. The number of aromatic nitrogens is 2. The number of halogens is 1. The van der Waals surface area contributed by atoms with Crippen molar-refractivity contribution in [3.63, 3.8) is 0 Å². The van der Waals surface area contributed by atoms with E-state index in [-0.39, 0.29) is 12.4 Å². The number of rotatable bonds is 5. The van der Waals surface area contributed by atoms with Gasteiger partial charge in [-0.05, 0) is 23.1 Å². The van der Waals surface area contributed by atoms with Crippen molar-refractivity contribution in [1.29, 1.82) is 0 Å². The fourth-order valence-corrected chi connectivity index (χ4v) is 3.52. The molecule has 2 amide bonds. The second-order valence-electron chi connectivity index (χ2n) is 5.48. The first-order chi connectivity index (χ1) is 13.4. The van der Waals surface area contributed by atoms with E-state index in [1.807, 2.05) is 24.3 Å². The molecule has 0 aliphatic carbocycles. The third kappa shape index (κ3) is 4.21. The minimum Gasteiger partial charge on any atom is -0.501 e. The van der Waals surface area contributed by atoms with Gasteiger partial charge in [-0.3, -0.25) is 4.79 Å². The summed E-state index contributed by atoms with van der Waals surface area (Å²) in [5, 5.41) is 25.6. The number of thiophene rings is 1. The van der Waals surface area contributed by atoms with Crippen molar-refractivity contribution in [3.05, 3.63) is 61.8 Å². The highest BCUT2D eigenvalue weighted by molar-refractivity contribution is 9.10. The molecule has 1 aromatic carbocycles. The zero-order valence-electron chi connectivity index (χ0n) is 14.0. The van der Waals surface area contributed by atoms with Crippen LogP contribution in [-0.4, -0.2) is 32.2 Å². The number of carbonyl (C=O) groups excluding carboxylic acids is 1. The maximum atomic E-state index is 12.2. The number of nitrogens with zero attached hydrogens (tertiary/aromatic N) is 1. The zero-order chi connectivity index (χ0) is 20.3. The highest BCUT2D eigenvalue weighted by Crippen LogP contribution is 2.31. The van der Waals surface area contributed by atoms with Crippen LogP contribution < -0.4 is 16.2 Å². The molecule has 0 radical (unpaired) electrons. The summed E-state index contributed by atoms with van der Waals surface area (Å²) in [6, 6.07) is 8.53. The summed E-state index contributed by atoms with van der Waals surface area (Å²) in [4.78, 5) is 41.6. The van der Waals surface area contributed by atoms with Gasteiger partial charge in [0.25, 0.3) is 5.56 Å². The maximum Gasteiger partial charge on any atom is 0.358 e. The molecule has 9 nitrogen and oxygen atoms in total. The normalized spacial score (nSPS) is 10.5. The molecule has 0 bridgehead atoms. The van der Waals surface area contributed by atoms with Gasteiger partial charge in [-0.1, -0.05) is 34.1 Å². The molecule has 0 atom stereocenters. The Balaban J connectivity index is 1.79. The van der Waals surface area contributed by atoms with Crippen molar-refractivity contribution in [2.24, 2.45) is 0 Å². The van der Waals surface area contributed by atoms with Crippen LogP contribution in [0.4, 0.5) is 10.5 Å². The number of nitrogens with one attached hydrogen (secondary N) is 3. The van der Waals surface area contributed by atoms with E-state index in [1.54, 1.807) is 11.4 Å². The number of aromatic hydroxyl groups is 1. The van der Waals surface area contributed by atoms with Crippen molar-refractivity contribution in [1.82, 2.24) is 15.3 Å². The average Bonchev–Trinajstić information content (AvgIpc) is 3.11. The molecule has 3 aromatic rings. The van der Waals surface area contributed by atoms with Gasteiger partial charge >= 0.3 is 12.0 Å². The highest BCUT2D eigenvalue weighted by Gasteiger charge is 2.20. The molecular weight excluding hydrogens is 452 g/mol. The number of hydrogen-bond acceptors (Lipinski definition) is 6. The third-order valence-electron chi connectivity index (χ3n) is 3.62. The summed E-state index contributed by atoms with van der Waals surface area (Å²) < 4.78 is 0.860. The molecule has 0 saturated heterocycles. The molecule has 0 aliphatic heterocycles. The number of aromatic amines is 1. The van der Waals surface area contributed by atoms with Crippen LogP contribution in [-0.2, 0) is 6.54 Å². The van der Waals surface area contributed by atoms with Gasteiger partial charge in [0.2, 0.25) is 5.75 Å². The second-order valence-corrected chi connectivity index (χ2v) is 7.25. The van der Waals surface area contributed by atoms with Gasteiger partial charge in [0, 0.05) is 11.0 Å². The lowest BCUT2D eigenvalue weighted by molar-refractivity contribution is 0.0686. The summed E-state index contributed by atoms with van der Waals surface area (Å²) in [7, 11) is 0. The molecule has 0 aliphatic rings. The first-order valence-electron chi connectivity index (χ1n) is 7.79. The van der Waals surface area contributed by atoms with Crippen LogP contribution in [0.15, 0.2) is 45.0 Å². The SMILES string of the molecule is O=C(NCc1ccccc1Br)Nc1ccsc1-c1nc(C(=O)O)c(O)c(=O)[nH]1. The Morgan fingerprint density at radius 3 is 2.71 bits per heavy atom. The number of H-pyrrole nitrogens is 1. The van der Waals surface area contributed by atoms with Crippen LogP contribution in [0.1, 0.15) is 16.1 Å². The molecule has 28 heavy (non-hydrogen) atoms. The standard InChI is InChI=1S/C17H13BrN4O5S/c18-9-4-2-1-3-8(9)7-19-17(27)20-10-5-6-28-13(10)14-21-11(16(25)26)12(23)15(24)22-14/h1-6,23H,7H2,(H,25,26)(H2,19,20,27)(H,21,22,24). The van der Waals surface area contributed by atoms with Crippen LogP contribution in [0, 0.1) is 0 Å². The Kier molecular flexibility index (Phi) is 5.76. The van der Waals surface area contributed by atoms with Crippen LogP contribution >= 0.6 is 27.3 Å². The molecule has 0 spiro atoms. The summed E-state index contributed by atoms with van der Waals surface area (Å²) in [6.45, 7) is 0.282. The van der Waals surface area contributed by atoms with Gasteiger partial charge < -0.3 is 25.8 Å². The fraction of sp³-hybridized carbons (Fsp3) is 0.0588. The van der Waals surface area contributed by atoms with E-state index >= 15 is 0 Å². The minimum atomic E-state index is -1.54. The van der Waals surface area contributed by atoms with Crippen molar-refractivity contribution < 1.29 is 19.8 Å². The molecule has 0 saturated carbocycles. The van der Waals surface area contributed by atoms with Crippen molar-refractivity contribution >= 4 is 45.0 Å². The summed E-state index contributed by atoms with van der Waals surface area (Å²) in [5.74, 6) is -2.59. The van der Waals surface area contributed by atoms with E-state index in [9.17, 15) is 19.5 Å². The predicted octanol–water partition coefficient (Wildman–Crippen LogP) is 2.99. The van der Waals surface area contributed by atoms with E-state index in [0.717, 1.165) is 21.4 Å². The molecular formula is C17H13BrN4O5S. The van der Waals surface area contributed by atoms with Gasteiger partial charge in [-0.15, -0.1) is 11.3 Å². The first kappa shape index (κ1) is 19.6. The summed E-state index contributed by atoms with van der Waals surface area (Å²) >= 11 is 4.54. The number of hydrogen-bond donors (Lipinski definition) is 5. The second kappa shape index (κ2) is 8.23. The van der Waals surface area contributed by atoms with Crippen LogP contribution in [0.2, 0.25) is 0 Å². The first-order valence-corrected chi connectivity index (χ1v) is 9.46. The molecule has 2 heterocycles.